The molecule has 0 saturated heterocycles. The number of carbonyl (C=O) groups is 1. The lowest BCUT2D eigenvalue weighted by Gasteiger charge is -2.24. The largest absolute Gasteiger partial charge is 0.462 e. The Morgan fingerprint density at radius 1 is 1.33 bits per heavy atom. The van der Waals surface area contributed by atoms with Crippen LogP contribution in [0.2, 0.25) is 0 Å². The van der Waals surface area contributed by atoms with Crippen LogP contribution in [0.25, 0.3) is 0 Å². The number of hydrogen-bond acceptors (Lipinski definition) is 4. The van der Waals surface area contributed by atoms with Crippen molar-refractivity contribution >= 4 is 16.0 Å². The molecule has 5 nitrogen and oxygen atoms in total. The molecule has 0 unspecified atom stereocenters. The molecule has 0 heterocycles. The fraction of sp³-hybridized carbons (Fsp3) is 0.462. The van der Waals surface area contributed by atoms with Crippen molar-refractivity contribution in [2.45, 2.75) is 30.6 Å². The van der Waals surface area contributed by atoms with E-state index in [1.165, 1.54) is 0 Å². The van der Waals surface area contributed by atoms with E-state index in [9.17, 15) is 22.0 Å². The Hall–Kier alpha value is -1.54. The normalized spacial score (nSPS) is 15.6. The second kappa shape index (κ2) is 6.07. The molecule has 2 rings (SSSR count). The quantitative estimate of drug-likeness (QED) is 0.841. The van der Waals surface area contributed by atoms with E-state index < -0.39 is 38.1 Å². The number of sulfonamides is 1. The van der Waals surface area contributed by atoms with Gasteiger partial charge < -0.3 is 4.74 Å². The third kappa shape index (κ3) is 3.56. The van der Waals surface area contributed by atoms with Crippen molar-refractivity contribution in [2.24, 2.45) is 11.1 Å². The Bertz CT molecular complexity index is 656. The fourth-order valence-electron chi connectivity index (χ4n) is 2.11. The Kier molecular flexibility index (Phi) is 4.58. The third-order valence-electron chi connectivity index (χ3n) is 3.55. The van der Waals surface area contributed by atoms with Crippen molar-refractivity contribution in [3.63, 3.8) is 0 Å². The molecule has 1 fully saturated rings. The number of rotatable bonds is 5. The van der Waals surface area contributed by atoms with Crippen molar-refractivity contribution in [1.82, 2.24) is 0 Å². The molecule has 21 heavy (non-hydrogen) atoms. The first kappa shape index (κ1) is 15.8. The van der Waals surface area contributed by atoms with Crippen LogP contribution in [0.5, 0.6) is 0 Å². The van der Waals surface area contributed by atoms with Gasteiger partial charge in [-0.1, -0.05) is 19.3 Å². The number of esters is 1. The maximum Gasteiger partial charge on any atom is 0.344 e. The topological polar surface area (TPSA) is 86.5 Å². The summed E-state index contributed by atoms with van der Waals surface area (Å²) in [5, 5.41) is 4.80. The molecule has 0 aromatic heterocycles. The predicted octanol–water partition coefficient (Wildman–Crippen LogP) is 1.96. The first-order valence-electron chi connectivity index (χ1n) is 6.48. The first-order valence-corrected chi connectivity index (χ1v) is 8.03. The molecule has 2 N–H and O–H groups in total. The maximum absolute atomic E-state index is 13.9. The third-order valence-corrected chi connectivity index (χ3v) is 4.48. The summed E-state index contributed by atoms with van der Waals surface area (Å²) in [6, 6.07) is 1.34. The van der Waals surface area contributed by atoms with Gasteiger partial charge in [-0.2, -0.15) is 0 Å². The van der Waals surface area contributed by atoms with Gasteiger partial charge in [0.2, 0.25) is 10.0 Å². The number of carbonyl (C=O) groups excluding carboxylic acids is 1. The first-order chi connectivity index (χ1) is 9.80. The van der Waals surface area contributed by atoms with E-state index in [2.05, 4.69) is 0 Å². The summed E-state index contributed by atoms with van der Waals surface area (Å²) in [4.78, 5) is 10.8. The Balaban J connectivity index is 2.15. The average molecular weight is 319 g/mol. The summed E-state index contributed by atoms with van der Waals surface area (Å²) >= 11 is 0. The summed E-state index contributed by atoms with van der Waals surface area (Å²) in [5.74, 6) is -3.46. The standard InChI is InChI=1S/C13H15F2NO4S/c14-9-4-5-10(21(16,18)19)12(15)11(9)13(17)20-7-6-8-2-1-3-8/h4-5,8H,1-3,6-7H2,(H2,16,18,19). The van der Waals surface area contributed by atoms with Crippen molar-refractivity contribution in [1.29, 1.82) is 0 Å². The van der Waals surface area contributed by atoms with E-state index in [0.29, 0.717) is 24.5 Å². The van der Waals surface area contributed by atoms with E-state index in [1.807, 2.05) is 0 Å². The van der Waals surface area contributed by atoms with Crippen molar-refractivity contribution in [3.05, 3.63) is 29.3 Å². The monoisotopic (exact) mass is 319 g/mol. The molecule has 0 radical (unpaired) electrons. The van der Waals surface area contributed by atoms with Gasteiger partial charge in [0.05, 0.1) is 6.61 Å². The zero-order valence-corrected chi connectivity index (χ0v) is 12.0. The van der Waals surface area contributed by atoms with Crippen molar-refractivity contribution in [3.8, 4) is 0 Å². The second-order valence-corrected chi connectivity index (χ2v) is 6.53. The van der Waals surface area contributed by atoms with Gasteiger partial charge in [-0.05, 0) is 24.5 Å². The van der Waals surface area contributed by atoms with Crippen LogP contribution in [-0.4, -0.2) is 21.0 Å². The van der Waals surface area contributed by atoms with Gasteiger partial charge >= 0.3 is 5.97 Å². The molecule has 1 aliphatic carbocycles. The zero-order valence-electron chi connectivity index (χ0n) is 11.1. The average Bonchev–Trinajstić information content (AvgIpc) is 2.30. The van der Waals surface area contributed by atoms with Crippen LogP contribution in [0.15, 0.2) is 17.0 Å². The summed E-state index contributed by atoms with van der Waals surface area (Å²) in [7, 11) is -4.38. The van der Waals surface area contributed by atoms with Crippen LogP contribution in [0.3, 0.4) is 0 Å². The lowest BCUT2D eigenvalue weighted by atomic mass is 9.83. The smallest absolute Gasteiger partial charge is 0.344 e. The molecule has 1 aliphatic rings. The van der Waals surface area contributed by atoms with Gasteiger partial charge in [-0.15, -0.1) is 0 Å². The minimum Gasteiger partial charge on any atom is -0.462 e. The number of halogens is 2. The highest BCUT2D eigenvalue weighted by Gasteiger charge is 2.26. The van der Waals surface area contributed by atoms with Crippen LogP contribution in [-0.2, 0) is 14.8 Å². The molecule has 8 heteroatoms. The highest BCUT2D eigenvalue weighted by Crippen LogP contribution is 2.29. The summed E-state index contributed by atoms with van der Waals surface area (Å²) in [6.45, 7) is 0.0436. The van der Waals surface area contributed by atoms with Crippen LogP contribution >= 0.6 is 0 Å². The zero-order chi connectivity index (χ0) is 15.6. The molecule has 0 bridgehead atoms. The number of hydrogen-bond donors (Lipinski definition) is 1. The molecule has 1 aromatic carbocycles. The minimum atomic E-state index is -4.38. The van der Waals surface area contributed by atoms with E-state index in [-0.39, 0.29) is 6.61 Å². The SMILES string of the molecule is NS(=O)(=O)c1ccc(F)c(C(=O)OCCC2CCC2)c1F. The van der Waals surface area contributed by atoms with E-state index in [0.717, 1.165) is 19.3 Å². The molecule has 0 aliphatic heterocycles. The lowest BCUT2D eigenvalue weighted by molar-refractivity contribution is 0.0452. The van der Waals surface area contributed by atoms with Gasteiger partial charge in [-0.3, -0.25) is 0 Å². The molecule has 0 spiro atoms. The molecule has 1 saturated carbocycles. The number of benzene rings is 1. The van der Waals surface area contributed by atoms with Gasteiger partial charge in [0.25, 0.3) is 0 Å². The predicted molar refractivity (Wildman–Crippen MR) is 70.0 cm³/mol. The van der Waals surface area contributed by atoms with E-state index in [4.69, 9.17) is 9.88 Å². The minimum absolute atomic E-state index is 0.0436. The highest BCUT2D eigenvalue weighted by molar-refractivity contribution is 7.89. The van der Waals surface area contributed by atoms with Gasteiger partial charge in [0.1, 0.15) is 16.3 Å². The molecular formula is C13H15F2NO4S. The molecule has 1 aromatic rings. The van der Waals surface area contributed by atoms with Crippen LogP contribution in [0, 0.1) is 17.6 Å². The maximum atomic E-state index is 13.9. The molecule has 0 amide bonds. The molecule has 116 valence electrons. The lowest BCUT2D eigenvalue weighted by Crippen LogP contribution is -2.20. The van der Waals surface area contributed by atoms with Crippen molar-refractivity contribution < 1.29 is 26.7 Å². The summed E-state index contributed by atoms with van der Waals surface area (Å²) in [6.07, 6.45) is 3.88. The molecule has 0 atom stereocenters. The van der Waals surface area contributed by atoms with Crippen LogP contribution in [0.4, 0.5) is 8.78 Å². The van der Waals surface area contributed by atoms with Crippen molar-refractivity contribution in [2.75, 3.05) is 6.61 Å². The van der Waals surface area contributed by atoms with Gasteiger partial charge in [0, 0.05) is 0 Å². The second-order valence-electron chi connectivity index (χ2n) is 5.00. The number of nitrogens with two attached hydrogens (primary N) is 1. The van der Waals surface area contributed by atoms with Gasteiger partial charge in [0.15, 0.2) is 5.82 Å². The number of ether oxygens (including phenoxy) is 1. The molecular weight excluding hydrogens is 304 g/mol. The fourth-order valence-corrected chi connectivity index (χ4v) is 2.72. The number of primary sulfonamides is 1. The van der Waals surface area contributed by atoms with Crippen LogP contribution < -0.4 is 5.14 Å². The van der Waals surface area contributed by atoms with Gasteiger partial charge in [-0.25, -0.2) is 27.1 Å². The Morgan fingerprint density at radius 2 is 2.00 bits per heavy atom. The summed E-state index contributed by atoms with van der Waals surface area (Å²) in [5.41, 5.74) is -1.03. The van der Waals surface area contributed by atoms with E-state index >= 15 is 0 Å². The summed E-state index contributed by atoms with van der Waals surface area (Å²) < 4.78 is 54.6. The highest BCUT2D eigenvalue weighted by atomic mass is 32.2. The van der Waals surface area contributed by atoms with E-state index in [1.54, 1.807) is 0 Å². The van der Waals surface area contributed by atoms with Crippen LogP contribution in [0.1, 0.15) is 36.0 Å². The Labute approximate surface area is 121 Å². The Morgan fingerprint density at radius 3 is 2.52 bits per heavy atom.